The molecule has 24 heavy (non-hydrogen) atoms. The Bertz CT molecular complexity index is 740. The number of aryl methyl sites for hydroxylation is 1. The summed E-state index contributed by atoms with van der Waals surface area (Å²) in [7, 11) is 0. The van der Waals surface area contributed by atoms with Crippen LogP contribution >= 0.6 is 11.6 Å². The molecule has 0 aromatic heterocycles. The Labute approximate surface area is 147 Å². The van der Waals surface area contributed by atoms with Crippen LogP contribution < -0.4 is 4.90 Å². The smallest absolute Gasteiger partial charge is 0.335 e. The van der Waals surface area contributed by atoms with Gasteiger partial charge in [0.15, 0.2) is 0 Å². The van der Waals surface area contributed by atoms with Crippen molar-refractivity contribution in [3.63, 3.8) is 0 Å². The van der Waals surface area contributed by atoms with Crippen molar-refractivity contribution in [2.24, 2.45) is 0 Å². The number of nitrogens with zero attached hydrogens (tertiary/aromatic N) is 2. The first kappa shape index (κ1) is 16.8. The van der Waals surface area contributed by atoms with Crippen LogP contribution in [-0.4, -0.2) is 42.2 Å². The number of carboxylic acids is 1. The zero-order chi connectivity index (χ0) is 17.1. The number of piperazine rings is 1. The first-order valence-electron chi connectivity index (χ1n) is 8.09. The molecule has 1 N–H and O–H groups in total. The summed E-state index contributed by atoms with van der Waals surface area (Å²) < 4.78 is 0. The molecule has 1 aliphatic rings. The van der Waals surface area contributed by atoms with Gasteiger partial charge >= 0.3 is 5.97 Å². The van der Waals surface area contributed by atoms with Gasteiger partial charge in [0.1, 0.15) is 0 Å². The van der Waals surface area contributed by atoms with Gasteiger partial charge in [-0.05, 0) is 36.2 Å². The first-order valence-corrected chi connectivity index (χ1v) is 8.47. The fraction of sp³-hybridized carbons (Fsp3) is 0.316. The molecular formula is C19H21ClN2O2. The third-order valence-corrected chi connectivity index (χ3v) is 4.82. The zero-order valence-electron chi connectivity index (χ0n) is 13.7. The molecule has 3 rings (SSSR count). The summed E-state index contributed by atoms with van der Waals surface area (Å²) in [4.78, 5) is 15.9. The van der Waals surface area contributed by atoms with Crippen LogP contribution in [0.3, 0.4) is 0 Å². The number of hydrogen-bond donors (Lipinski definition) is 1. The van der Waals surface area contributed by atoms with E-state index in [1.165, 1.54) is 0 Å². The minimum Gasteiger partial charge on any atom is -0.478 e. The average molecular weight is 345 g/mol. The van der Waals surface area contributed by atoms with E-state index in [9.17, 15) is 9.90 Å². The molecule has 0 aliphatic carbocycles. The largest absolute Gasteiger partial charge is 0.478 e. The molecule has 0 spiro atoms. The van der Waals surface area contributed by atoms with Gasteiger partial charge in [-0.25, -0.2) is 4.79 Å². The fourth-order valence-corrected chi connectivity index (χ4v) is 3.37. The minimum absolute atomic E-state index is 0.391. The van der Waals surface area contributed by atoms with Crippen molar-refractivity contribution >= 4 is 23.3 Å². The van der Waals surface area contributed by atoms with Crippen LogP contribution in [0.15, 0.2) is 42.5 Å². The minimum atomic E-state index is -0.863. The number of para-hydroxylation sites is 1. The highest BCUT2D eigenvalue weighted by Crippen LogP contribution is 2.26. The highest BCUT2D eigenvalue weighted by molar-refractivity contribution is 6.33. The van der Waals surface area contributed by atoms with Crippen molar-refractivity contribution in [2.75, 3.05) is 31.1 Å². The molecule has 5 heteroatoms. The Hall–Kier alpha value is -2.04. The molecule has 0 atom stereocenters. The first-order chi connectivity index (χ1) is 11.5. The number of hydrogen-bond acceptors (Lipinski definition) is 3. The van der Waals surface area contributed by atoms with Crippen LogP contribution in [0, 0.1) is 6.92 Å². The summed E-state index contributed by atoms with van der Waals surface area (Å²) in [6.07, 6.45) is 0. The van der Waals surface area contributed by atoms with Crippen LogP contribution in [0.2, 0.25) is 5.02 Å². The van der Waals surface area contributed by atoms with E-state index in [2.05, 4.69) is 15.9 Å². The molecule has 1 fully saturated rings. The van der Waals surface area contributed by atoms with E-state index in [1.54, 1.807) is 6.07 Å². The van der Waals surface area contributed by atoms with Crippen molar-refractivity contribution < 1.29 is 9.90 Å². The summed E-state index contributed by atoms with van der Waals surface area (Å²) in [5.74, 6) is -0.863. The van der Waals surface area contributed by atoms with Crippen LogP contribution in [-0.2, 0) is 6.54 Å². The molecule has 2 aromatic rings. The zero-order valence-corrected chi connectivity index (χ0v) is 14.5. The molecular weight excluding hydrogens is 324 g/mol. The van der Waals surface area contributed by atoms with Crippen molar-refractivity contribution in [3.8, 4) is 0 Å². The number of carbonyl (C=O) groups is 1. The van der Waals surface area contributed by atoms with E-state index < -0.39 is 5.97 Å². The number of halogens is 1. The Morgan fingerprint density at radius 1 is 1.12 bits per heavy atom. The van der Waals surface area contributed by atoms with Crippen LogP contribution in [0.5, 0.6) is 0 Å². The molecule has 0 unspecified atom stereocenters. The molecule has 0 amide bonds. The summed E-state index contributed by atoms with van der Waals surface area (Å²) >= 11 is 6.27. The second kappa shape index (κ2) is 7.24. The standard InChI is InChI=1S/C19H21ClN2O2/c1-14-6-7-15(12-16(14)19(23)24)13-21-8-10-22(11-9-21)18-5-3-2-4-17(18)20/h2-7,12H,8-11,13H2,1H3,(H,23,24). The van der Waals surface area contributed by atoms with Gasteiger partial charge < -0.3 is 10.0 Å². The molecule has 1 heterocycles. The van der Waals surface area contributed by atoms with Gasteiger partial charge in [0.25, 0.3) is 0 Å². The lowest BCUT2D eigenvalue weighted by Crippen LogP contribution is -2.46. The van der Waals surface area contributed by atoms with E-state index in [0.29, 0.717) is 5.56 Å². The van der Waals surface area contributed by atoms with Crippen molar-refractivity contribution in [3.05, 3.63) is 64.2 Å². The number of rotatable bonds is 4. The van der Waals surface area contributed by atoms with Gasteiger partial charge in [0.2, 0.25) is 0 Å². The molecule has 0 bridgehead atoms. The van der Waals surface area contributed by atoms with E-state index in [1.807, 2.05) is 37.3 Å². The Morgan fingerprint density at radius 3 is 2.50 bits per heavy atom. The van der Waals surface area contributed by atoms with Gasteiger partial charge in [-0.2, -0.15) is 0 Å². The Morgan fingerprint density at radius 2 is 1.83 bits per heavy atom. The summed E-state index contributed by atoms with van der Waals surface area (Å²) in [6.45, 7) is 6.30. The summed E-state index contributed by atoms with van der Waals surface area (Å²) in [5.41, 5.74) is 3.32. The molecule has 0 radical (unpaired) electrons. The Kier molecular flexibility index (Phi) is 5.07. The highest BCUT2D eigenvalue weighted by Gasteiger charge is 2.19. The van der Waals surface area contributed by atoms with Crippen molar-refractivity contribution in [1.82, 2.24) is 4.90 Å². The molecule has 1 aliphatic heterocycles. The quantitative estimate of drug-likeness (QED) is 0.919. The third-order valence-electron chi connectivity index (χ3n) is 4.50. The maximum atomic E-state index is 11.3. The number of aromatic carboxylic acids is 1. The second-order valence-electron chi connectivity index (χ2n) is 6.17. The van der Waals surface area contributed by atoms with Gasteiger partial charge in [-0.1, -0.05) is 35.9 Å². The van der Waals surface area contributed by atoms with Gasteiger partial charge in [0.05, 0.1) is 16.3 Å². The number of benzene rings is 2. The van der Waals surface area contributed by atoms with E-state index in [4.69, 9.17) is 11.6 Å². The SMILES string of the molecule is Cc1ccc(CN2CCN(c3ccccc3Cl)CC2)cc1C(=O)O. The predicted octanol–water partition coefficient (Wildman–Crippen LogP) is 3.67. The molecule has 1 saturated heterocycles. The Balaban J connectivity index is 1.63. The van der Waals surface area contributed by atoms with E-state index >= 15 is 0 Å². The normalized spacial score (nSPS) is 15.5. The molecule has 2 aromatic carbocycles. The highest BCUT2D eigenvalue weighted by atomic mass is 35.5. The van der Waals surface area contributed by atoms with Crippen molar-refractivity contribution in [1.29, 1.82) is 0 Å². The van der Waals surface area contributed by atoms with Crippen LogP contribution in [0.4, 0.5) is 5.69 Å². The lowest BCUT2D eigenvalue weighted by atomic mass is 10.0. The predicted molar refractivity (Wildman–Crippen MR) is 97.1 cm³/mol. The third kappa shape index (κ3) is 3.71. The van der Waals surface area contributed by atoms with Gasteiger partial charge in [-0.3, -0.25) is 4.90 Å². The maximum absolute atomic E-state index is 11.3. The summed E-state index contributed by atoms with van der Waals surface area (Å²) in [6, 6.07) is 13.6. The van der Waals surface area contributed by atoms with E-state index in [-0.39, 0.29) is 0 Å². The molecule has 126 valence electrons. The van der Waals surface area contributed by atoms with Crippen LogP contribution in [0.25, 0.3) is 0 Å². The summed E-state index contributed by atoms with van der Waals surface area (Å²) in [5, 5.41) is 10.0. The average Bonchev–Trinajstić information content (AvgIpc) is 2.58. The lowest BCUT2D eigenvalue weighted by Gasteiger charge is -2.36. The molecule has 0 saturated carbocycles. The second-order valence-corrected chi connectivity index (χ2v) is 6.58. The number of carboxylic acid groups (broad SMARTS) is 1. The maximum Gasteiger partial charge on any atom is 0.335 e. The van der Waals surface area contributed by atoms with Gasteiger partial charge in [-0.15, -0.1) is 0 Å². The van der Waals surface area contributed by atoms with E-state index in [0.717, 1.165) is 54.6 Å². The van der Waals surface area contributed by atoms with Crippen molar-refractivity contribution in [2.45, 2.75) is 13.5 Å². The molecule has 4 nitrogen and oxygen atoms in total. The van der Waals surface area contributed by atoms with Gasteiger partial charge in [0, 0.05) is 32.7 Å². The monoisotopic (exact) mass is 344 g/mol. The topological polar surface area (TPSA) is 43.8 Å². The number of anilines is 1. The lowest BCUT2D eigenvalue weighted by molar-refractivity contribution is 0.0696. The fourth-order valence-electron chi connectivity index (χ4n) is 3.11. The van der Waals surface area contributed by atoms with Crippen LogP contribution in [0.1, 0.15) is 21.5 Å².